The Balaban J connectivity index is 2.22. The second kappa shape index (κ2) is 5.46. The summed E-state index contributed by atoms with van der Waals surface area (Å²) < 4.78 is 0. The maximum absolute atomic E-state index is 5.53. The molecule has 2 aromatic rings. The molecule has 0 aliphatic carbocycles. The topological polar surface area (TPSA) is 26.0 Å². The molecule has 2 N–H and O–H groups in total. The fourth-order valence-corrected chi connectivity index (χ4v) is 1.85. The normalized spacial score (nSPS) is 10.2. The van der Waals surface area contributed by atoms with Crippen molar-refractivity contribution in [1.29, 1.82) is 0 Å². The van der Waals surface area contributed by atoms with Gasteiger partial charge >= 0.3 is 0 Å². The van der Waals surface area contributed by atoms with Gasteiger partial charge in [0.25, 0.3) is 0 Å². The summed E-state index contributed by atoms with van der Waals surface area (Å²) >= 11 is 0. The molecule has 86 valence electrons. The van der Waals surface area contributed by atoms with Gasteiger partial charge in [0.15, 0.2) is 0 Å². The molecule has 0 saturated heterocycles. The summed E-state index contributed by atoms with van der Waals surface area (Å²) in [6.07, 6.45) is 0.852. The van der Waals surface area contributed by atoms with Crippen molar-refractivity contribution in [3.05, 3.63) is 66.7 Å². The summed E-state index contributed by atoms with van der Waals surface area (Å²) in [6.45, 7) is 4.69. The molecular weight excluding hydrogens is 206 g/mol. The van der Waals surface area contributed by atoms with E-state index in [9.17, 15) is 0 Å². The van der Waals surface area contributed by atoms with Gasteiger partial charge in [0, 0.05) is 0 Å². The Morgan fingerprint density at radius 3 is 2.06 bits per heavy atom. The molecule has 0 fully saturated rings. The van der Waals surface area contributed by atoms with Crippen LogP contribution >= 0.6 is 0 Å². The van der Waals surface area contributed by atoms with E-state index in [2.05, 4.69) is 55.1 Å². The van der Waals surface area contributed by atoms with Gasteiger partial charge in [-0.05, 0) is 35.2 Å². The summed E-state index contributed by atoms with van der Waals surface area (Å²) in [6, 6.07) is 18.8. The van der Waals surface area contributed by atoms with Crippen molar-refractivity contribution in [3.63, 3.8) is 0 Å². The van der Waals surface area contributed by atoms with Crippen LogP contribution in [0.3, 0.4) is 0 Å². The first kappa shape index (κ1) is 11.6. The molecule has 0 spiro atoms. The number of hydrogen-bond donors (Lipinski definition) is 1. The van der Waals surface area contributed by atoms with Gasteiger partial charge in [-0.1, -0.05) is 61.2 Å². The van der Waals surface area contributed by atoms with Crippen LogP contribution in [0.25, 0.3) is 16.7 Å². The lowest BCUT2D eigenvalue weighted by Crippen LogP contribution is -1.99. The Hall–Kier alpha value is -1.86. The van der Waals surface area contributed by atoms with Crippen LogP contribution in [0.5, 0.6) is 0 Å². The molecule has 0 amide bonds. The smallest absolute Gasteiger partial charge is 0.00367 e. The van der Waals surface area contributed by atoms with E-state index in [1.807, 2.05) is 6.07 Å². The number of benzene rings is 2. The van der Waals surface area contributed by atoms with Crippen LogP contribution in [-0.2, 0) is 0 Å². The monoisotopic (exact) mass is 223 g/mol. The Bertz CT molecular complexity index is 483. The Kier molecular flexibility index (Phi) is 3.73. The molecule has 0 unspecified atom stereocenters. The summed E-state index contributed by atoms with van der Waals surface area (Å²) in [5.41, 5.74) is 10.3. The quantitative estimate of drug-likeness (QED) is 0.840. The van der Waals surface area contributed by atoms with E-state index in [1.54, 1.807) is 0 Å². The Morgan fingerprint density at radius 2 is 1.47 bits per heavy atom. The third-order valence-electron chi connectivity index (χ3n) is 2.85. The SMILES string of the molecule is C=C(CCN)c1ccc(-c2ccccc2)cc1. The molecule has 0 aromatic heterocycles. The van der Waals surface area contributed by atoms with E-state index in [0.717, 1.165) is 12.0 Å². The molecule has 1 nitrogen and oxygen atoms in total. The van der Waals surface area contributed by atoms with Gasteiger partial charge in [-0.3, -0.25) is 0 Å². The van der Waals surface area contributed by atoms with Crippen molar-refractivity contribution in [2.24, 2.45) is 5.73 Å². The minimum absolute atomic E-state index is 0.652. The molecule has 2 aromatic carbocycles. The van der Waals surface area contributed by atoms with Gasteiger partial charge in [0.1, 0.15) is 0 Å². The summed E-state index contributed by atoms with van der Waals surface area (Å²) in [5.74, 6) is 0. The van der Waals surface area contributed by atoms with Gasteiger partial charge in [0.2, 0.25) is 0 Å². The van der Waals surface area contributed by atoms with E-state index in [1.165, 1.54) is 16.7 Å². The van der Waals surface area contributed by atoms with E-state index >= 15 is 0 Å². The molecule has 17 heavy (non-hydrogen) atoms. The highest BCUT2D eigenvalue weighted by atomic mass is 14.5. The molecule has 0 radical (unpaired) electrons. The van der Waals surface area contributed by atoms with E-state index < -0.39 is 0 Å². The van der Waals surface area contributed by atoms with Gasteiger partial charge in [-0.2, -0.15) is 0 Å². The van der Waals surface area contributed by atoms with Gasteiger partial charge in [-0.15, -0.1) is 0 Å². The summed E-state index contributed by atoms with van der Waals surface area (Å²) in [4.78, 5) is 0. The zero-order valence-electron chi connectivity index (χ0n) is 9.89. The third kappa shape index (κ3) is 2.83. The maximum Gasteiger partial charge on any atom is -0.00367 e. The van der Waals surface area contributed by atoms with Gasteiger partial charge in [0.05, 0.1) is 0 Å². The van der Waals surface area contributed by atoms with Crippen molar-refractivity contribution in [3.8, 4) is 11.1 Å². The van der Waals surface area contributed by atoms with Crippen LogP contribution < -0.4 is 5.73 Å². The minimum Gasteiger partial charge on any atom is -0.330 e. The van der Waals surface area contributed by atoms with Gasteiger partial charge in [-0.25, -0.2) is 0 Å². The number of rotatable bonds is 4. The highest BCUT2D eigenvalue weighted by Crippen LogP contribution is 2.22. The first-order chi connectivity index (χ1) is 8.31. The van der Waals surface area contributed by atoms with E-state index in [4.69, 9.17) is 5.73 Å². The second-order valence-corrected chi connectivity index (χ2v) is 4.09. The third-order valence-corrected chi connectivity index (χ3v) is 2.85. The zero-order valence-corrected chi connectivity index (χ0v) is 9.89. The van der Waals surface area contributed by atoms with Crippen LogP contribution in [-0.4, -0.2) is 6.54 Å². The molecule has 0 saturated carbocycles. The fraction of sp³-hybridized carbons (Fsp3) is 0.125. The Labute approximate surface area is 103 Å². The first-order valence-corrected chi connectivity index (χ1v) is 5.85. The highest BCUT2D eigenvalue weighted by Gasteiger charge is 1.99. The van der Waals surface area contributed by atoms with Crippen molar-refractivity contribution in [1.82, 2.24) is 0 Å². The highest BCUT2D eigenvalue weighted by molar-refractivity contribution is 5.69. The van der Waals surface area contributed by atoms with Crippen LogP contribution in [0.15, 0.2) is 61.2 Å². The maximum atomic E-state index is 5.53. The largest absolute Gasteiger partial charge is 0.330 e. The fourth-order valence-electron chi connectivity index (χ4n) is 1.85. The number of nitrogens with two attached hydrogens (primary N) is 1. The van der Waals surface area contributed by atoms with E-state index in [-0.39, 0.29) is 0 Å². The average Bonchev–Trinajstić information content (AvgIpc) is 2.40. The average molecular weight is 223 g/mol. The van der Waals surface area contributed by atoms with Crippen LogP contribution in [0, 0.1) is 0 Å². The van der Waals surface area contributed by atoms with Crippen LogP contribution in [0.1, 0.15) is 12.0 Å². The predicted octanol–water partition coefficient (Wildman–Crippen LogP) is 3.72. The standard InChI is InChI=1S/C16H17N/c1-13(11-12-17)14-7-9-16(10-8-14)15-5-3-2-4-6-15/h2-10H,1,11-12,17H2. The zero-order chi connectivity index (χ0) is 12.1. The lowest BCUT2D eigenvalue weighted by atomic mass is 10.00. The lowest BCUT2D eigenvalue weighted by molar-refractivity contribution is 1.02. The van der Waals surface area contributed by atoms with Crippen molar-refractivity contribution < 1.29 is 0 Å². The minimum atomic E-state index is 0.652. The second-order valence-electron chi connectivity index (χ2n) is 4.09. The molecular formula is C16H17N. The molecule has 0 aliphatic rings. The molecule has 0 atom stereocenters. The molecule has 0 aliphatic heterocycles. The Morgan fingerprint density at radius 1 is 0.882 bits per heavy atom. The molecule has 0 bridgehead atoms. The van der Waals surface area contributed by atoms with E-state index in [0.29, 0.717) is 6.54 Å². The molecule has 1 heteroatoms. The summed E-state index contributed by atoms with van der Waals surface area (Å²) in [7, 11) is 0. The first-order valence-electron chi connectivity index (χ1n) is 5.85. The lowest BCUT2D eigenvalue weighted by Gasteiger charge is -2.06. The van der Waals surface area contributed by atoms with Crippen molar-refractivity contribution >= 4 is 5.57 Å². The summed E-state index contributed by atoms with van der Waals surface area (Å²) in [5, 5.41) is 0. The molecule has 2 rings (SSSR count). The van der Waals surface area contributed by atoms with Crippen LogP contribution in [0.2, 0.25) is 0 Å². The molecule has 0 heterocycles. The van der Waals surface area contributed by atoms with Crippen LogP contribution in [0.4, 0.5) is 0 Å². The predicted molar refractivity (Wildman–Crippen MR) is 74.6 cm³/mol. The van der Waals surface area contributed by atoms with Gasteiger partial charge < -0.3 is 5.73 Å². The number of hydrogen-bond acceptors (Lipinski definition) is 1. The van der Waals surface area contributed by atoms with Crippen molar-refractivity contribution in [2.45, 2.75) is 6.42 Å². The van der Waals surface area contributed by atoms with Crippen molar-refractivity contribution in [2.75, 3.05) is 6.54 Å².